The van der Waals surface area contributed by atoms with Crippen molar-refractivity contribution in [1.29, 1.82) is 5.26 Å². The van der Waals surface area contributed by atoms with Crippen LogP contribution < -0.4 is 4.74 Å². The van der Waals surface area contributed by atoms with Crippen molar-refractivity contribution < 1.29 is 18.7 Å². The number of ether oxygens (including phenoxy) is 2. The number of benzene rings is 2. The van der Waals surface area contributed by atoms with Gasteiger partial charge >= 0.3 is 6.09 Å². The van der Waals surface area contributed by atoms with Crippen LogP contribution in [-0.4, -0.2) is 33.2 Å². The Labute approximate surface area is 198 Å². The summed E-state index contributed by atoms with van der Waals surface area (Å²) in [7, 11) is 1.57. The number of nitriles is 1. The molecule has 9 heteroatoms. The van der Waals surface area contributed by atoms with Crippen LogP contribution in [0, 0.1) is 24.1 Å². The SMILES string of the molecule is COc1cc(C)c2c(ccn2C(=O)OC(C)(C)C)c1Cn1nc2ccc(C#N)c(F)c2c1Br. The van der Waals surface area contributed by atoms with Crippen LogP contribution in [0.5, 0.6) is 5.75 Å². The zero-order valence-electron chi connectivity index (χ0n) is 18.9. The number of aromatic nitrogens is 3. The molecular weight excluding hydrogens is 491 g/mol. The number of hydrogen-bond acceptors (Lipinski definition) is 5. The Hall–Kier alpha value is -3.38. The third kappa shape index (κ3) is 3.95. The molecule has 0 aliphatic rings. The van der Waals surface area contributed by atoms with Gasteiger partial charge in [-0.05, 0) is 73.5 Å². The van der Waals surface area contributed by atoms with Crippen LogP contribution in [-0.2, 0) is 11.3 Å². The molecule has 170 valence electrons. The fourth-order valence-electron chi connectivity index (χ4n) is 3.86. The third-order valence-electron chi connectivity index (χ3n) is 5.25. The molecule has 0 amide bonds. The van der Waals surface area contributed by atoms with E-state index in [1.54, 1.807) is 24.1 Å². The van der Waals surface area contributed by atoms with Crippen LogP contribution in [0.3, 0.4) is 0 Å². The zero-order valence-corrected chi connectivity index (χ0v) is 20.4. The average Bonchev–Trinajstić information content (AvgIpc) is 3.32. The number of hydrogen-bond donors (Lipinski definition) is 0. The van der Waals surface area contributed by atoms with Crippen LogP contribution in [0.25, 0.3) is 21.8 Å². The number of carbonyl (C=O) groups is 1. The summed E-state index contributed by atoms with van der Waals surface area (Å²) in [4.78, 5) is 12.8. The molecule has 2 heterocycles. The first-order valence-corrected chi connectivity index (χ1v) is 11.0. The minimum Gasteiger partial charge on any atom is -0.496 e. The maximum Gasteiger partial charge on any atom is 0.419 e. The molecule has 0 aliphatic carbocycles. The van der Waals surface area contributed by atoms with Gasteiger partial charge in [0, 0.05) is 17.1 Å². The van der Waals surface area contributed by atoms with Gasteiger partial charge in [-0.1, -0.05) is 0 Å². The molecule has 2 aromatic heterocycles. The van der Waals surface area contributed by atoms with Crippen molar-refractivity contribution >= 4 is 43.8 Å². The van der Waals surface area contributed by atoms with Gasteiger partial charge in [0.1, 0.15) is 22.0 Å². The van der Waals surface area contributed by atoms with E-state index in [9.17, 15) is 9.18 Å². The lowest BCUT2D eigenvalue weighted by Crippen LogP contribution is -2.26. The number of carbonyl (C=O) groups excluding carboxylic acids is 1. The molecule has 0 bridgehead atoms. The minimum atomic E-state index is -0.636. The number of nitrogens with zero attached hydrogens (tertiary/aromatic N) is 4. The highest BCUT2D eigenvalue weighted by Crippen LogP contribution is 2.35. The topological polar surface area (TPSA) is 82.1 Å². The van der Waals surface area contributed by atoms with E-state index >= 15 is 0 Å². The quantitative estimate of drug-likeness (QED) is 0.340. The molecule has 4 rings (SSSR count). The fourth-order valence-corrected chi connectivity index (χ4v) is 4.44. The van der Waals surface area contributed by atoms with Gasteiger partial charge in [-0.3, -0.25) is 9.25 Å². The molecule has 0 aliphatic heterocycles. The normalized spacial score (nSPS) is 11.7. The summed E-state index contributed by atoms with van der Waals surface area (Å²) in [6, 6.07) is 8.55. The van der Waals surface area contributed by atoms with Crippen LogP contribution in [0.1, 0.15) is 37.5 Å². The van der Waals surface area contributed by atoms with E-state index in [4.69, 9.17) is 14.7 Å². The first-order valence-electron chi connectivity index (χ1n) is 10.2. The molecule has 0 saturated heterocycles. The lowest BCUT2D eigenvalue weighted by atomic mass is 10.0. The Kier molecular flexibility index (Phi) is 5.66. The van der Waals surface area contributed by atoms with Crippen molar-refractivity contribution in [3.05, 3.63) is 57.6 Å². The minimum absolute atomic E-state index is 0.0486. The van der Waals surface area contributed by atoms with E-state index in [2.05, 4.69) is 21.0 Å². The van der Waals surface area contributed by atoms with Gasteiger partial charge in [0.15, 0.2) is 5.82 Å². The predicted molar refractivity (Wildman–Crippen MR) is 126 cm³/mol. The molecule has 2 aromatic carbocycles. The predicted octanol–water partition coefficient (Wildman–Crippen LogP) is 5.91. The van der Waals surface area contributed by atoms with Gasteiger partial charge in [0.25, 0.3) is 0 Å². The highest BCUT2D eigenvalue weighted by Gasteiger charge is 2.23. The van der Waals surface area contributed by atoms with Crippen LogP contribution in [0.4, 0.5) is 9.18 Å². The van der Waals surface area contributed by atoms with Gasteiger partial charge in [-0.25, -0.2) is 9.18 Å². The maximum atomic E-state index is 14.8. The summed E-state index contributed by atoms with van der Waals surface area (Å²) >= 11 is 3.44. The van der Waals surface area contributed by atoms with E-state index in [-0.39, 0.29) is 17.5 Å². The Balaban J connectivity index is 1.87. The van der Waals surface area contributed by atoms with Gasteiger partial charge in [0.2, 0.25) is 0 Å². The molecule has 4 aromatic rings. The van der Waals surface area contributed by atoms with Crippen LogP contribution >= 0.6 is 15.9 Å². The monoisotopic (exact) mass is 512 g/mol. The van der Waals surface area contributed by atoms with Crippen molar-refractivity contribution in [2.75, 3.05) is 7.11 Å². The largest absolute Gasteiger partial charge is 0.496 e. The van der Waals surface area contributed by atoms with Crippen molar-refractivity contribution in [1.82, 2.24) is 14.3 Å². The summed E-state index contributed by atoms with van der Waals surface area (Å²) in [5.41, 5.74) is 2.06. The van der Waals surface area contributed by atoms with E-state index in [0.29, 0.717) is 21.4 Å². The second-order valence-corrected chi connectivity index (χ2v) is 9.44. The molecule has 0 unspecified atom stereocenters. The first-order chi connectivity index (χ1) is 15.6. The van der Waals surface area contributed by atoms with Gasteiger partial charge < -0.3 is 9.47 Å². The average molecular weight is 513 g/mol. The molecule has 0 saturated carbocycles. The summed E-state index contributed by atoms with van der Waals surface area (Å²) in [6.45, 7) is 7.58. The van der Waals surface area contributed by atoms with Crippen molar-refractivity contribution in [2.24, 2.45) is 0 Å². The third-order valence-corrected chi connectivity index (χ3v) is 6.06. The van der Waals surface area contributed by atoms with Gasteiger partial charge in [0.05, 0.1) is 35.6 Å². The highest BCUT2D eigenvalue weighted by atomic mass is 79.9. The molecule has 0 atom stereocenters. The molecule has 7 nitrogen and oxygen atoms in total. The standard InChI is InChI=1S/C24H22BrFN4O3/c1-13-10-18(32-5)16(15-8-9-29(21(13)15)23(31)33-24(2,3)4)12-30-22(25)19-17(28-30)7-6-14(11-27)20(19)26/h6-10H,12H2,1-5H3. The van der Waals surface area contributed by atoms with Crippen molar-refractivity contribution in [3.8, 4) is 11.8 Å². The summed E-state index contributed by atoms with van der Waals surface area (Å²) in [5.74, 6) is -0.00296. The Bertz CT molecular complexity index is 1460. The molecular formula is C24H22BrFN4O3. The van der Waals surface area contributed by atoms with Crippen LogP contribution in [0.15, 0.2) is 35.1 Å². The van der Waals surface area contributed by atoms with E-state index in [1.165, 1.54) is 10.6 Å². The fraction of sp³-hybridized carbons (Fsp3) is 0.292. The summed E-state index contributed by atoms with van der Waals surface area (Å²) < 4.78 is 29.5. The summed E-state index contributed by atoms with van der Waals surface area (Å²) in [6.07, 6.45) is 1.19. The van der Waals surface area contributed by atoms with E-state index < -0.39 is 17.5 Å². The highest BCUT2D eigenvalue weighted by molar-refractivity contribution is 9.10. The number of halogens is 2. The second kappa shape index (κ2) is 8.19. The van der Waals surface area contributed by atoms with Crippen molar-refractivity contribution in [3.63, 3.8) is 0 Å². The number of aryl methyl sites for hydroxylation is 1. The number of methoxy groups -OCH3 is 1. The Morgan fingerprint density at radius 3 is 2.67 bits per heavy atom. The molecule has 0 fully saturated rings. The second-order valence-electron chi connectivity index (χ2n) is 8.68. The molecule has 0 N–H and O–H groups in total. The molecule has 33 heavy (non-hydrogen) atoms. The number of fused-ring (bicyclic) bond motifs is 2. The van der Waals surface area contributed by atoms with Crippen molar-refractivity contribution in [2.45, 2.75) is 39.8 Å². The lowest BCUT2D eigenvalue weighted by molar-refractivity contribution is 0.0544. The maximum absolute atomic E-state index is 14.8. The van der Waals surface area contributed by atoms with E-state index in [0.717, 1.165) is 16.5 Å². The van der Waals surface area contributed by atoms with Crippen LogP contribution in [0.2, 0.25) is 0 Å². The zero-order chi connectivity index (χ0) is 24.1. The van der Waals surface area contributed by atoms with Gasteiger partial charge in [-0.2, -0.15) is 10.4 Å². The first kappa shape index (κ1) is 22.8. The summed E-state index contributed by atoms with van der Waals surface area (Å²) in [5, 5.41) is 14.7. The smallest absolute Gasteiger partial charge is 0.419 e. The number of rotatable bonds is 3. The van der Waals surface area contributed by atoms with Gasteiger partial charge in [-0.15, -0.1) is 0 Å². The Morgan fingerprint density at radius 2 is 2.03 bits per heavy atom. The lowest BCUT2D eigenvalue weighted by Gasteiger charge is -2.20. The van der Waals surface area contributed by atoms with E-state index in [1.807, 2.05) is 45.9 Å². The Morgan fingerprint density at radius 1 is 1.30 bits per heavy atom. The molecule has 0 radical (unpaired) electrons. The molecule has 0 spiro atoms.